The zero-order chi connectivity index (χ0) is 10.2. The molecular weight excluding hydrogens is 172 g/mol. The summed E-state index contributed by atoms with van der Waals surface area (Å²) in [7, 11) is 0. The molecule has 1 aromatic carbocycles. The van der Waals surface area contributed by atoms with Gasteiger partial charge in [-0.2, -0.15) is 5.26 Å². The van der Waals surface area contributed by atoms with Crippen molar-refractivity contribution in [3.8, 4) is 6.07 Å². The van der Waals surface area contributed by atoms with Gasteiger partial charge >= 0.3 is 0 Å². The van der Waals surface area contributed by atoms with Crippen LogP contribution in [-0.2, 0) is 0 Å². The molecule has 0 saturated carbocycles. The lowest BCUT2D eigenvalue weighted by Crippen LogP contribution is -2.02. The van der Waals surface area contributed by atoms with Gasteiger partial charge in [-0.1, -0.05) is 18.2 Å². The van der Waals surface area contributed by atoms with Crippen molar-refractivity contribution in [1.29, 1.82) is 5.26 Å². The maximum absolute atomic E-state index is 8.36. The third-order valence-electron chi connectivity index (χ3n) is 2.18. The van der Waals surface area contributed by atoms with Crippen LogP contribution in [0.3, 0.4) is 0 Å². The first-order valence-corrected chi connectivity index (χ1v) is 5.01. The lowest BCUT2D eigenvalue weighted by atomic mass is 10.2. The van der Waals surface area contributed by atoms with Gasteiger partial charge in [-0.3, -0.25) is 0 Å². The van der Waals surface area contributed by atoms with Gasteiger partial charge in [0.2, 0.25) is 0 Å². The summed E-state index contributed by atoms with van der Waals surface area (Å²) in [6.07, 6.45) is 2.70. The first-order valence-electron chi connectivity index (χ1n) is 5.01. The highest BCUT2D eigenvalue weighted by molar-refractivity contribution is 5.49. The molecule has 0 heterocycles. The van der Waals surface area contributed by atoms with Gasteiger partial charge in [0.25, 0.3) is 0 Å². The first-order chi connectivity index (χ1) is 6.84. The van der Waals surface area contributed by atoms with E-state index in [0.717, 1.165) is 19.4 Å². The van der Waals surface area contributed by atoms with Gasteiger partial charge in [0.15, 0.2) is 0 Å². The van der Waals surface area contributed by atoms with Crippen LogP contribution >= 0.6 is 0 Å². The van der Waals surface area contributed by atoms with Crippen LogP contribution in [0.1, 0.15) is 24.8 Å². The minimum absolute atomic E-state index is 0.662. The predicted octanol–water partition coefficient (Wildman–Crippen LogP) is 3.10. The van der Waals surface area contributed by atoms with Gasteiger partial charge in [0.1, 0.15) is 0 Å². The van der Waals surface area contributed by atoms with Crippen LogP contribution in [0.25, 0.3) is 0 Å². The smallest absolute Gasteiger partial charge is 0.0621 e. The molecule has 1 aromatic rings. The van der Waals surface area contributed by atoms with Gasteiger partial charge in [-0.15, -0.1) is 0 Å². The number of nitriles is 1. The van der Waals surface area contributed by atoms with Gasteiger partial charge in [0.05, 0.1) is 6.07 Å². The van der Waals surface area contributed by atoms with E-state index in [1.54, 1.807) is 0 Å². The second kappa shape index (κ2) is 6.04. The minimum Gasteiger partial charge on any atom is -0.385 e. The van der Waals surface area contributed by atoms with Crippen LogP contribution in [0, 0.1) is 18.3 Å². The van der Waals surface area contributed by atoms with E-state index in [1.807, 2.05) is 12.1 Å². The Morgan fingerprint density at radius 2 is 2.07 bits per heavy atom. The summed E-state index contributed by atoms with van der Waals surface area (Å²) in [5, 5.41) is 11.7. The Bertz CT molecular complexity index is 312. The summed E-state index contributed by atoms with van der Waals surface area (Å²) >= 11 is 0. The monoisotopic (exact) mass is 188 g/mol. The number of hydrogen-bond donors (Lipinski definition) is 1. The zero-order valence-electron chi connectivity index (χ0n) is 8.59. The van der Waals surface area contributed by atoms with Crippen LogP contribution in [0.5, 0.6) is 0 Å². The Kier molecular flexibility index (Phi) is 4.57. The number of benzene rings is 1. The maximum Gasteiger partial charge on any atom is 0.0621 e. The SMILES string of the molecule is Cc1ccccc1NCCCCC#N. The number of rotatable bonds is 5. The Morgan fingerprint density at radius 3 is 2.79 bits per heavy atom. The summed E-state index contributed by atoms with van der Waals surface area (Å²) in [6, 6.07) is 10.4. The fourth-order valence-electron chi connectivity index (χ4n) is 1.32. The van der Waals surface area contributed by atoms with E-state index < -0.39 is 0 Å². The van der Waals surface area contributed by atoms with Crippen molar-refractivity contribution in [1.82, 2.24) is 0 Å². The molecule has 14 heavy (non-hydrogen) atoms. The quantitative estimate of drug-likeness (QED) is 0.721. The van der Waals surface area contributed by atoms with E-state index in [4.69, 9.17) is 5.26 Å². The summed E-state index contributed by atoms with van der Waals surface area (Å²) in [5.74, 6) is 0. The van der Waals surface area contributed by atoms with Crippen LogP contribution in [0.4, 0.5) is 5.69 Å². The van der Waals surface area contributed by atoms with Crippen LogP contribution in [-0.4, -0.2) is 6.54 Å². The number of anilines is 1. The number of nitrogens with one attached hydrogen (secondary N) is 1. The molecule has 2 nitrogen and oxygen atoms in total. The first kappa shape index (κ1) is 10.6. The van der Waals surface area contributed by atoms with E-state index >= 15 is 0 Å². The molecule has 0 aromatic heterocycles. The molecule has 0 aliphatic heterocycles. The second-order valence-electron chi connectivity index (χ2n) is 3.36. The second-order valence-corrected chi connectivity index (χ2v) is 3.36. The normalized spacial score (nSPS) is 9.43. The number of para-hydroxylation sites is 1. The standard InChI is InChI=1S/C12H16N2/c1-11-7-3-4-8-12(11)14-10-6-2-5-9-13/h3-4,7-8,14H,2,5-6,10H2,1H3. The average Bonchev–Trinajstić information content (AvgIpc) is 2.20. The lowest BCUT2D eigenvalue weighted by molar-refractivity contribution is 0.784. The lowest BCUT2D eigenvalue weighted by Gasteiger charge is -2.07. The van der Waals surface area contributed by atoms with E-state index in [9.17, 15) is 0 Å². The highest BCUT2D eigenvalue weighted by atomic mass is 14.9. The van der Waals surface area contributed by atoms with E-state index in [-0.39, 0.29) is 0 Å². The van der Waals surface area contributed by atoms with E-state index in [0.29, 0.717) is 6.42 Å². The predicted molar refractivity (Wildman–Crippen MR) is 59.1 cm³/mol. The van der Waals surface area contributed by atoms with Crippen molar-refractivity contribution in [2.45, 2.75) is 26.2 Å². The number of unbranched alkanes of at least 4 members (excludes halogenated alkanes) is 2. The van der Waals surface area contributed by atoms with Gasteiger partial charge in [-0.25, -0.2) is 0 Å². The molecule has 1 N–H and O–H groups in total. The molecule has 0 aliphatic carbocycles. The van der Waals surface area contributed by atoms with Crippen molar-refractivity contribution < 1.29 is 0 Å². The average molecular weight is 188 g/mol. The number of hydrogen-bond acceptors (Lipinski definition) is 2. The Balaban J connectivity index is 2.25. The molecule has 0 atom stereocenters. The molecule has 0 radical (unpaired) electrons. The summed E-state index contributed by atoms with van der Waals surface area (Å²) < 4.78 is 0. The largest absolute Gasteiger partial charge is 0.385 e. The van der Waals surface area contributed by atoms with Gasteiger partial charge in [-0.05, 0) is 31.4 Å². The molecule has 0 aliphatic rings. The van der Waals surface area contributed by atoms with Gasteiger partial charge in [0, 0.05) is 18.7 Å². The third kappa shape index (κ3) is 3.49. The van der Waals surface area contributed by atoms with Crippen molar-refractivity contribution in [3.05, 3.63) is 29.8 Å². The van der Waals surface area contributed by atoms with Crippen LogP contribution in [0.15, 0.2) is 24.3 Å². The van der Waals surface area contributed by atoms with Crippen molar-refractivity contribution in [3.63, 3.8) is 0 Å². The van der Waals surface area contributed by atoms with Crippen molar-refractivity contribution in [2.24, 2.45) is 0 Å². The van der Waals surface area contributed by atoms with Crippen LogP contribution < -0.4 is 5.32 Å². The van der Waals surface area contributed by atoms with E-state index in [1.165, 1.54) is 11.3 Å². The van der Waals surface area contributed by atoms with E-state index in [2.05, 4.69) is 30.4 Å². The molecule has 0 amide bonds. The van der Waals surface area contributed by atoms with Crippen LogP contribution in [0.2, 0.25) is 0 Å². The van der Waals surface area contributed by atoms with Gasteiger partial charge < -0.3 is 5.32 Å². The summed E-state index contributed by atoms with van der Waals surface area (Å²) in [5.41, 5.74) is 2.47. The Labute approximate surface area is 85.6 Å². The molecule has 0 bridgehead atoms. The van der Waals surface area contributed by atoms with Crippen molar-refractivity contribution in [2.75, 3.05) is 11.9 Å². The fraction of sp³-hybridized carbons (Fsp3) is 0.417. The number of aryl methyl sites for hydroxylation is 1. The fourth-order valence-corrected chi connectivity index (χ4v) is 1.32. The zero-order valence-corrected chi connectivity index (χ0v) is 8.59. The van der Waals surface area contributed by atoms with Crippen molar-refractivity contribution >= 4 is 5.69 Å². The molecule has 1 rings (SSSR count). The third-order valence-corrected chi connectivity index (χ3v) is 2.18. The molecule has 74 valence electrons. The molecule has 0 spiro atoms. The minimum atomic E-state index is 0.662. The highest BCUT2D eigenvalue weighted by Gasteiger charge is 1.94. The topological polar surface area (TPSA) is 35.8 Å². The summed E-state index contributed by atoms with van der Waals surface area (Å²) in [6.45, 7) is 3.05. The molecule has 0 fully saturated rings. The molecular formula is C12H16N2. The highest BCUT2D eigenvalue weighted by Crippen LogP contribution is 2.12. The maximum atomic E-state index is 8.36. The molecule has 0 unspecified atom stereocenters. The number of nitrogens with zero attached hydrogens (tertiary/aromatic N) is 1. The Morgan fingerprint density at radius 1 is 1.29 bits per heavy atom. The molecule has 2 heteroatoms. The molecule has 0 saturated heterocycles. The summed E-state index contributed by atoms with van der Waals surface area (Å²) in [4.78, 5) is 0. The Hall–Kier alpha value is -1.49.